The van der Waals surface area contributed by atoms with Gasteiger partial charge in [-0.15, -0.1) is 23.2 Å². The van der Waals surface area contributed by atoms with Gasteiger partial charge in [0.25, 0.3) is 5.91 Å². The molecule has 25 heavy (non-hydrogen) atoms. The number of para-hydroxylation sites is 1. The normalized spacial score (nSPS) is 11.7. The topological polar surface area (TPSA) is 53.2 Å². The van der Waals surface area contributed by atoms with Crippen LogP contribution in [0.25, 0.3) is 0 Å². The van der Waals surface area contributed by atoms with Crippen LogP contribution in [-0.4, -0.2) is 22.0 Å². The number of hydrogen-bond acceptors (Lipinski definition) is 2. The zero-order valence-corrected chi connectivity index (χ0v) is 16.2. The Kier molecular flexibility index (Phi) is 7.05. The molecule has 0 fully saturated rings. The minimum Gasteiger partial charge on any atom is -0.340 e. The van der Waals surface area contributed by atoms with Crippen molar-refractivity contribution in [2.75, 3.05) is 5.32 Å². The smallest absolute Gasteiger partial charge is 0.252 e. The summed E-state index contributed by atoms with van der Waals surface area (Å²) in [4.78, 5) is 11.4. The molecule has 0 radical (unpaired) electrons. The summed E-state index contributed by atoms with van der Waals surface area (Å²) < 4.78 is 0. The summed E-state index contributed by atoms with van der Waals surface area (Å²) >= 11 is 17.2. The highest BCUT2D eigenvalue weighted by Crippen LogP contribution is 2.14. The van der Waals surface area contributed by atoms with Gasteiger partial charge in [0.15, 0.2) is 5.11 Å². The Morgan fingerprint density at radius 2 is 1.64 bits per heavy atom. The van der Waals surface area contributed by atoms with E-state index in [0.29, 0.717) is 10.7 Å². The lowest BCUT2D eigenvalue weighted by molar-refractivity contribution is 0.0936. The van der Waals surface area contributed by atoms with E-state index in [-0.39, 0.29) is 5.91 Å². The van der Waals surface area contributed by atoms with E-state index in [9.17, 15) is 4.79 Å². The zero-order chi connectivity index (χ0) is 18.4. The second kappa shape index (κ2) is 9.04. The number of amides is 1. The van der Waals surface area contributed by atoms with E-state index in [1.165, 1.54) is 0 Å². The maximum Gasteiger partial charge on any atom is 0.252 e. The molecule has 4 nitrogen and oxygen atoms in total. The van der Waals surface area contributed by atoms with E-state index >= 15 is 0 Å². The third kappa shape index (κ3) is 5.88. The standard InChI is InChI=1S/C18H19Cl2N3OS/c1-11-7-9-13(10-8-11)17(24)22-16(15(19)20)23-18(25)21-14-6-4-3-5-12(14)2/h3-10,15-16H,1-2H3,(H,22,24)(H2,21,23,25)/t16-/m0/s1. The van der Waals surface area contributed by atoms with Crippen LogP contribution in [0.4, 0.5) is 5.69 Å². The molecule has 7 heteroatoms. The third-order valence-electron chi connectivity index (χ3n) is 3.53. The predicted molar refractivity (Wildman–Crippen MR) is 108 cm³/mol. The molecule has 0 aromatic heterocycles. The Balaban J connectivity index is 2.00. The van der Waals surface area contributed by atoms with Gasteiger partial charge in [-0.25, -0.2) is 0 Å². The van der Waals surface area contributed by atoms with E-state index in [0.717, 1.165) is 16.8 Å². The molecule has 0 saturated heterocycles. The van der Waals surface area contributed by atoms with Gasteiger partial charge in [-0.1, -0.05) is 35.9 Å². The molecule has 2 aromatic carbocycles. The quantitative estimate of drug-likeness (QED) is 0.404. The van der Waals surface area contributed by atoms with Crippen LogP contribution in [0.2, 0.25) is 0 Å². The van der Waals surface area contributed by atoms with Crippen LogP contribution in [0, 0.1) is 13.8 Å². The first kappa shape index (κ1) is 19.5. The van der Waals surface area contributed by atoms with E-state index in [1.54, 1.807) is 12.1 Å². The number of aryl methyl sites for hydroxylation is 2. The lowest BCUT2D eigenvalue weighted by atomic mass is 10.1. The van der Waals surface area contributed by atoms with Crippen molar-refractivity contribution in [3.8, 4) is 0 Å². The van der Waals surface area contributed by atoms with Gasteiger partial charge < -0.3 is 16.0 Å². The van der Waals surface area contributed by atoms with Crippen LogP contribution in [0.5, 0.6) is 0 Å². The van der Waals surface area contributed by atoms with Gasteiger partial charge in [0.05, 0.1) is 0 Å². The van der Waals surface area contributed by atoms with E-state index in [2.05, 4.69) is 16.0 Å². The maximum absolute atomic E-state index is 12.3. The van der Waals surface area contributed by atoms with Crippen LogP contribution in [0.1, 0.15) is 21.5 Å². The van der Waals surface area contributed by atoms with Crippen molar-refractivity contribution >= 4 is 52.1 Å². The van der Waals surface area contributed by atoms with E-state index < -0.39 is 11.0 Å². The van der Waals surface area contributed by atoms with Gasteiger partial charge in [0, 0.05) is 11.3 Å². The average molecular weight is 396 g/mol. The van der Waals surface area contributed by atoms with Crippen molar-refractivity contribution in [2.24, 2.45) is 0 Å². The fraction of sp³-hybridized carbons (Fsp3) is 0.222. The number of anilines is 1. The van der Waals surface area contributed by atoms with Crippen molar-refractivity contribution in [1.29, 1.82) is 0 Å². The van der Waals surface area contributed by atoms with Crippen LogP contribution in [0.3, 0.4) is 0 Å². The number of benzene rings is 2. The molecular formula is C18H19Cl2N3OS. The number of alkyl halides is 2. The summed E-state index contributed by atoms with van der Waals surface area (Å²) in [5, 5.41) is 9.05. The number of halogens is 2. The fourth-order valence-corrected chi connectivity index (χ4v) is 2.59. The molecule has 0 spiro atoms. The Bertz CT molecular complexity index is 750. The Morgan fingerprint density at radius 3 is 2.24 bits per heavy atom. The molecule has 0 aliphatic rings. The second-order valence-electron chi connectivity index (χ2n) is 5.56. The highest BCUT2D eigenvalue weighted by Gasteiger charge is 2.21. The molecule has 0 aliphatic heterocycles. The molecular weight excluding hydrogens is 377 g/mol. The molecule has 3 N–H and O–H groups in total. The van der Waals surface area contributed by atoms with Gasteiger partial charge in [0.1, 0.15) is 11.0 Å². The molecule has 2 rings (SSSR count). The summed E-state index contributed by atoms with van der Waals surface area (Å²) in [5.74, 6) is -0.289. The van der Waals surface area contributed by atoms with Crippen LogP contribution >= 0.6 is 35.4 Å². The summed E-state index contributed by atoms with van der Waals surface area (Å²) in [6.45, 7) is 3.92. The highest BCUT2D eigenvalue weighted by molar-refractivity contribution is 7.80. The number of carbonyl (C=O) groups excluding carboxylic acids is 1. The maximum atomic E-state index is 12.3. The summed E-state index contributed by atoms with van der Waals surface area (Å²) in [6.07, 6.45) is -0.735. The van der Waals surface area contributed by atoms with Crippen LogP contribution in [-0.2, 0) is 0 Å². The third-order valence-corrected chi connectivity index (χ3v) is 4.26. The van der Waals surface area contributed by atoms with Gasteiger partial charge in [-0.3, -0.25) is 4.79 Å². The number of thiocarbonyl (C=S) groups is 1. The second-order valence-corrected chi connectivity index (χ2v) is 7.14. The summed E-state index contributed by atoms with van der Waals surface area (Å²) in [6, 6.07) is 14.9. The molecule has 0 bridgehead atoms. The van der Waals surface area contributed by atoms with Crippen molar-refractivity contribution in [3.63, 3.8) is 0 Å². The minimum absolute atomic E-state index is 0.289. The number of hydrogen-bond donors (Lipinski definition) is 3. The molecule has 132 valence electrons. The largest absolute Gasteiger partial charge is 0.340 e. The van der Waals surface area contributed by atoms with Gasteiger partial charge in [-0.2, -0.15) is 0 Å². The lowest BCUT2D eigenvalue weighted by Crippen LogP contribution is -2.52. The molecule has 0 saturated carbocycles. The van der Waals surface area contributed by atoms with Crippen molar-refractivity contribution < 1.29 is 4.79 Å². The molecule has 1 atom stereocenters. The summed E-state index contributed by atoms with van der Waals surface area (Å²) in [7, 11) is 0. The first-order valence-corrected chi connectivity index (χ1v) is 8.94. The van der Waals surface area contributed by atoms with Crippen molar-refractivity contribution in [3.05, 3.63) is 65.2 Å². The number of carbonyl (C=O) groups is 1. The van der Waals surface area contributed by atoms with Gasteiger partial charge in [0.2, 0.25) is 0 Å². The van der Waals surface area contributed by atoms with Gasteiger partial charge >= 0.3 is 0 Å². The number of nitrogens with one attached hydrogen (secondary N) is 3. The first-order chi connectivity index (χ1) is 11.9. The number of rotatable bonds is 5. The Morgan fingerprint density at radius 1 is 1.00 bits per heavy atom. The minimum atomic E-state index is -0.883. The average Bonchev–Trinajstić information content (AvgIpc) is 2.56. The SMILES string of the molecule is Cc1ccc(C(=O)N[C@@H](NC(=S)Nc2ccccc2C)C(Cl)Cl)cc1. The molecule has 0 heterocycles. The van der Waals surface area contributed by atoms with Crippen molar-refractivity contribution in [1.82, 2.24) is 10.6 Å². The van der Waals surface area contributed by atoms with E-state index in [4.69, 9.17) is 35.4 Å². The molecule has 0 aliphatic carbocycles. The fourth-order valence-electron chi connectivity index (χ4n) is 2.10. The van der Waals surface area contributed by atoms with Crippen molar-refractivity contribution in [2.45, 2.75) is 24.8 Å². The molecule has 1 amide bonds. The van der Waals surface area contributed by atoms with Crippen LogP contribution in [0.15, 0.2) is 48.5 Å². The van der Waals surface area contributed by atoms with Crippen LogP contribution < -0.4 is 16.0 Å². The van der Waals surface area contributed by atoms with Gasteiger partial charge in [-0.05, 0) is 49.8 Å². The lowest BCUT2D eigenvalue weighted by Gasteiger charge is -2.23. The predicted octanol–water partition coefficient (Wildman–Crippen LogP) is 4.15. The molecule has 2 aromatic rings. The summed E-state index contributed by atoms with van der Waals surface area (Å²) in [5.41, 5.74) is 3.50. The monoisotopic (exact) mass is 395 g/mol. The zero-order valence-electron chi connectivity index (χ0n) is 13.8. The Hall–Kier alpha value is -1.82. The highest BCUT2D eigenvalue weighted by atomic mass is 35.5. The Labute approximate surface area is 162 Å². The molecule has 0 unspecified atom stereocenters. The first-order valence-electron chi connectivity index (χ1n) is 7.65. The van der Waals surface area contributed by atoms with E-state index in [1.807, 2.05) is 50.2 Å².